The second-order valence-electron chi connectivity index (χ2n) is 9.74. The van der Waals surface area contributed by atoms with E-state index in [0.29, 0.717) is 46.3 Å². The van der Waals surface area contributed by atoms with Crippen molar-refractivity contribution >= 4 is 31.5 Å². The summed E-state index contributed by atoms with van der Waals surface area (Å²) >= 11 is 6.57. The molecule has 0 saturated carbocycles. The van der Waals surface area contributed by atoms with Crippen LogP contribution in [0.1, 0.15) is 44.2 Å². The first kappa shape index (κ1) is 25.9. The van der Waals surface area contributed by atoms with Gasteiger partial charge < -0.3 is 13.9 Å². The summed E-state index contributed by atoms with van der Waals surface area (Å²) < 4.78 is 12.0. The van der Waals surface area contributed by atoms with Crippen molar-refractivity contribution in [3.8, 4) is 11.5 Å². The zero-order valence-electron chi connectivity index (χ0n) is 20.3. The van der Waals surface area contributed by atoms with Crippen LogP contribution < -0.4 is 0 Å². The number of aromatic nitrogens is 2. The standard InChI is InChI=1S/C26H31ClN2O4Si/c1-26(2,3)34(4,5)32-17-23-28-29-25(33-23)20-13-14-21(22(27)15-20)19(16-24(30)31)12-11-18-9-7-6-8-10-18/h6-10,13-16H,11-12,17H2,1-5H3,(H,30,31)/b19-16-. The molecule has 0 fully saturated rings. The molecule has 0 aliphatic heterocycles. The van der Waals surface area contributed by atoms with Gasteiger partial charge in [-0.2, -0.15) is 0 Å². The fourth-order valence-corrected chi connectivity index (χ4v) is 4.37. The first-order valence-electron chi connectivity index (χ1n) is 11.2. The molecule has 180 valence electrons. The van der Waals surface area contributed by atoms with E-state index in [1.54, 1.807) is 12.1 Å². The maximum Gasteiger partial charge on any atom is 0.328 e. The van der Waals surface area contributed by atoms with E-state index in [9.17, 15) is 9.90 Å². The van der Waals surface area contributed by atoms with Crippen molar-refractivity contribution in [2.24, 2.45) is 0 Å². The Kier molecular flexibility index (Phi) is 8.12. The number of aliphatic carboxylic acids is 1. The van der Waals surface area contributed by atoms with Gasteiger partial charge in [-0.15, -0.1) is 10.2 Å². The number of hydrogen-bond acceptors (Lipinski definition) is 5. The van der Waals surface area contributed by atoms with E-state index in [1.165, 1.54) is 6.08 Å². The molecule has 0 atom stereocenters. The molecule has 1 heterocycles. The van der Waals surface area contributed by atoms with Crippen LogP contribution >= 0.6 is 11.6 Å². The summed E-state index contributed by atoms with van der Waals surface area (Å²) in [7, 11) is -1.94. The molecule has 1 aromatic heterocycles. The highest BCUT2D eigenvalue weighted by Gasteiger charge is 2.37. The van der Waals surface area contributed by atoms with Crippen LogP contribution in [0.15, 0.2) is 59.0 Å². The topological polar surface area (TPSA) is 85.5 Å². The molecule has 3 aromatic rings. The summed E-state index contributed by atoms with van der Waals surface area (Å²) in [6, 6.07) is 15.3. The van der Waals surface area contributed by atoms with Gasteiger partial charge in [-0.3, -0.25) is 0 Å². The Balaban J connectivity index is 1.76. The smallest absolute Gasteiger partial charge is 0.328 e. The number of allylic oxidation sites excluding steroid dienone is 1. The van der Waals surface area contributed by atoms with Gasteiger partial charge in [-0.25, -0.2) is 4.79 Å². The average molecular weight is 499 g/mol. The number of rotatable bonds is 9. The molecule has 0 saturated heterocycles. The van der Waals surface area contributed by atoms with Gasteiger partial charge in [0, 0.05) is 16.7 Å². The van der Waals surface area contributed by atoms with Crippen LogP contribution in [0.5, 0.6) is 0 Å². The van der Waals surface area contributed by atoms with Crippen molar-refractivity contribution in [1.29, 1.82) is 0 Å². The second kappa shape index (κ2) is 10.7. The van der Waals surface area contributed by atoms with Crippen LogP contribution in [0.2, 0.25) is 23.2 Å². The normalized spacial score (nSPS) is 12.7. The third kappa shape index (κ3) is 6.65. The summed E-state index contributed by atoms with van der Waals surface area (Å²) in [5.74, 6) is -0.254. The highest BCUT2D eigenvalue weighted by Crippen LogP contribution is 2.37. The Labute approximate surface area is 206 Å². The summed E-state index contributed by atoms with van der Waals surface area (Å²) in [4.78, 5) is 11.4. The van der Waals surface area contributed by atoms with Gasteiger partial charge in [0.05, 0.1) is 0 Å². The summed E-state index contributed by atoms with van der Waals surface area (Å²) in [6.07, 6.45) is 2.47. The number of benzene rings is 2. The van der Waals surface area contributed by atoms with E-state index in [0.717, 1.165) is 5.56 Å². The van der Waals surface area contributed by atoms with E-state index < -0.39 is 14.3 Å². The molecule has 3 rings (SSSR count). The number of halogens is 1. The molecule has 8 heteroatoms. The predicted molar refractivity (Wildman–Crippen MR) is 137 cm³/mol. The third-order valence-corrected chi connectivity index (χ3v) is 11.0. The summed E-state index contributed by atoms with van der Waals surface area (Å²) in [5, 5.41) is 18.1. The van der Waals surface area contributed by atoms with E-state index in [4.69, 9.17) is 20.4 Å². The zero-order chi connectivity index (χ0) is 24.9. The number of aryl methyl sites for hydroxylation is 1. The third-order valence-electron chi connectivity index (χ3n) is 6.22. The largest absolute Gasteiger partial charge is 0.478 e. The molecule has 0 unspecified atom stereocenters. The number of carbonyl (C=O) groups is 1. The number of carboxylic acid groups (broad SMARTS) is 1. The molecular formula is C26H31ClN2O4Si. The monoisotopic (exact) mass is 498 g/mol. The molecule has 1 N–H and O–H groups in total. The number of hydrogen-bond donors (Lipinski definition) is 1. The Morgan fingerprint density at radius 1 is 1.15 bits per heavy atom. The van der Waals surface area contributed by atoms with Crippen LogP contribution in [0.4, 0.5) is 0 Å². The number of carboxylic acids is 1. The minimum atomic E-state index is -1.94. The van der Waals surface area contributed by atoms with Crippen molar-refractivity contribution in [3.63, 3.8) is 0 Å². The van der Waals surface area contributed by atoms with Gasteiger partial charge >= 0.3 is 5.97 Å². The van der Waals surface area contributed by atoms with E-state index in [1.807, 2.05) is 36.4 Å². The second-order valence-corrected chi connectivity index (χ2v) is 15.0. The average Bonchev–Trinajstić information content (AvgIpc) is 3.24. The van der Waals surface area contributed by atoms with E-state index in [2.05, 4.69) is 44.1 Å². The Hall–Kier alpha value is -2.74. The molecule has 2 aromatic carbocycles. The van der Waals surface area contributed by atoms with Gasteiger partial charge in [-0.1, -0.05) is 68.8 Å². The van der Waals surface area contributed by atoms with Gasteiger partial charge in [0.2, 0.25) is 11.8 Å². The minimum Gasteiger partial charge on any atom is -0.478 e. The van der Waals surface area contributed by atoms with Crippen molar-refractivity contribution in [1.82, 2.24) is 10.2 Å². The predicted octanol–water partition coefficient (Wildman–Crippen LogP) is 7.01. The van der Waals surface area contributed by atoms with Gasteiger partial charge in [-0.05, 0) is 59.8 Å². The van der Waals surface area contributed by atoms with Crippen LogP contribution in [0.3, 0.4) is 0 Å². The summed E-state index contributed by atoms with van der Waals surface area (Å²) in [6.45, 7) is 11.1. The van der Waals surface area contributed by atoms with Gasteiger partial charge in [0.1, 0.15) is 6.61 Å². The van der Waals surface area contributed by atoms with Crippen LogP contribution in [0, 0.1) is 0 Å². The maximum atomic E-state index is 11.4. The highest BCUT2D eigenvalue weighted by atomic mass is 35.5. The van der Waals surface area contributed by atoms with Crippen molar-refractivity contribution in [2.75, 3.05) is 0 Å². The molecule has 0 aliphatic carbocycles. The zero-order valence-corrected chi connectivity index (χ0v) is 22.0. The molecular weight excluding hydrogens is 468 g/mol. The lowest BCUT2D eigenvalue weighted by molar-refractivity contribution is -0.131. The maximum absolute atomic E-state index is 11.4. The molecule has 0 radical (unpaired) electrons. The minimum absolute atomic E-state index is 0.0842. The van der Waals surface area contributed by atoms with Crippen LogP contribution in [-0.4, -0.2) is 29.6 Å². The highest BCUT2D eigenvalue weighted by molar-refractivity contribution is 6.74. The van der Waals surface area contributed by atoms with Crippen LogP contribution in [0.25, 0.3) is 17.0 Å². The molecule has 6 nitrogen and oxygen atoms in total. The molecule has 0 amide bonds. The Bertz CT molecular complexity index is 1170. The summed E-state index contributed by atoms with van der Waals surface area (Å²) in [5.41, 5.74) is 3.12. The first-order chi connectivity index (χ1) is 16.0. The van der Waals surface area contributed by atoms with Crippen molar-refractivity contribution < 1.29 is 18.7 Å². The van der Waals surface area contributed by atoms with E-state index >= 15 is 0 Å². The fourth-order valence-electron chi connectivity index (χ4n) is 3.15. The SMILES string of the molecule is CC(C)(C)[Si](C)(C)OCc1nnc(-c2ccc(/C(=C\C(=O)O)CCc3ccccc3)c(Cl)c2)o1. The molecule has 0 spiro atoms. The lowest BCUT2D eigenvalue weighted by Gasteiger charge is -2.35. The van der Waals surface area contributed by atoms with Gasteiger partial charge in [0.25, 0.3) is 0 Å². The van der Waals surface area contributed by atoms with Crippen LogP contribution in [-0.2, 0) is 22.2 Å². The Morgan fingerprint density at radius 3 is 2.47 bits per heavy atom. The first-order valence-corrected chi connectivity index (χ1v) is 14.5. The van der Waals surface area contributed by atoms with Crippen molar-refractivity contribution in [3.05, 3.63) is 76.6 Å². The van der Waals surface area contributed by atoms with Gasteiger partial charge in [0.15, 0.2) is 8.32 Å². The molecule has 0 aliphatic rings. The molecule has 34 heavy (non-hydrogen) atoms. The lowest BCUT2D eigenvalue weighted by Crippen LogP contribution is -2.40. The van der Waals surface area contributed by atoms with Crippen molar-refractivity contribution in [2.45, 2.75) is 58.4 Å². The Morgan fingerprint density at radius 2 is 1.85 bits per heavy atom. The quantitative estimate of drug-likeness (QED) is 0.252. The van der Waals surface area contributed by atoms with E-state index in [-0.39, 0.29) is 11.6 Å². The molecule has 0 bridgehead atoms. The lowest BCUT2D eigenvalue weighted by atomic mass is 9.97. The fraction of sp³-hybridized carbons (Fsp3) is 0.346. The number of nitrogens with zero attached hydrogens (tertiary/aromatic N) is 2.